The molecule has 0 nitrogen and oxygen atoms in total. The molecule has 0 aliphatic heterocycles. The molecule has 0 radical (unpaired) electrons. The maximum Gasteiger partial charge on any atom is -0.0191 e. The van der Waals surface area contributed by atoms with Gasteiger partial charge < -0.3 is 0 Å². The van der Waals surface area contributed by atoms with Crippen molar-refractivity contribution in [3.63, 3.8) is 0 Å². The maximum atomic E-state index is 3.83. The van der Waals surface area contributed by atoms with Crippen LogP contribution in [0.15, 0.2) is 36.0 Å². The number of allylic oxidation sites excluding steroid dienone is 4. The standard InChI is InChI=1S/C10H16.C4H8.C2H6/c1-4-10-8(2)6-5-7-9(10)3;1-4(2)3;1-2/h4,8H,1,5-7H2,2-3H3;1H2,2-3H3;1-2H3. The lowest BCUT2D eigenvalue weighted by molar-refractivity contribution is 0.546. The van der Waals surface area contributed by atoms with Gasteiger partial charge in [-0.2, -0.15) is 0 Å². The highest BCUT2D eigenvalue weighted by Crippen LogP contribution is 2.29. The first-order chi connectivity index (χ1) is 7.49. The lowest BCUT2D eigenvalue weighted by atomic mass is 9.85. The van der Waals surface area contributed by atoms with Gasteiger partial charge in [-0.25, -0.2) is 0 Å². The van der Waals surface area contributed by atoms with Crippen LogP contribution in [0.4, 0.5) is 0 Å². The van der Waals surface area contributed by atoms with Crippen LogP contribution in [0.1, 0.15) is 60.8 Å². The number of hydrogen-bond donors (Lipinski definition) is 0. The van der Waals surface area contributed by atoms with Crippen LogP contribution in [-0.2, 0) is 0 Å². The van der Waals surface area contributed by atoms with Crippen LogP contribution in [0, 0.1) is 5.92 Å². The third-order valence-electron chi connectivity index (χ3n) is 2.43. The van der Waals surface area contributed by atoms with E-state index in [0.717, 1.165) is 5.92 Å². The molecular formula is C16H30. The van der Waals surface area contributed by atoms with Gasteiger partial charge >= 0.3 is 0 Å². The number of rotatable bonds is 1. The van der Waals surface area contributed by atoms with E-state index in [1.54, 1.807) is 5.57 Å². The first-order valence-corrected chi connectivity index (χ1v) is 6.43. The molecule has 1 atom stereocenters. The van der Waals surface area contributed by atoms with Crippen LogP contribution in [0.3, 0.4) is 0 Å². The molecule has 0 spiro atoms. The van der Waals surface area contributed by atoms with Gasteiger partial charge in [-0.05, 0) is 51.5 Å². The molecule has 0 aromatic heterocycles. The molecule has 0 saturated heterocycles. The Hall–Kier alpha value is -0.780. The van der Waals surface area contributed by atoms with Crippen molar-refractivity contribution in [2.75, 3.05) is 0 Å². The molecule has 0 amide bonds. The van der Waals surface area contributed by atoms with E-state index in [-0.39, 0.29) is 0 Å². The summed E-state index contributed by atoms with van der Waals surface area (Å²) < 4.78 is 0. The number of hydrogen-bond acceptors (Lipinski definition) is 0. The molecule has 0 N–H and O–H groups in total. The summed E-state index contributed by atoms with van der Waals surface area (Å²) in [5.41, 5.74) is 4.21. The molecule has 1 rings (SSSR count). The van der Waals surface area contributed by atoms with Gasteiger partial charge in [0.25, 0.3) is 0 Å². The molecule has 0 saturated carbocycles. The Bertz CT molecular complexity index is 226. The predicted octanol–water partition coefficient (Wildman–Crippen LogP) is 5.92. The van der Waals surface area contributed by atoms with E-state index >= 15 is 0 Å². The van der Waals surface area contributed by atoms with Gasteiger partial charge in [-0.15, -0.1) is 6.58 Å². The zero-order valence-electron chi connectivity index (χ0n) is 12.2. The summed E-state index contributed by atoms with van der Waals surface area (Å²) in [6, 6.07) is 0. The highest BCUT2D eigenvalue weighted by Gasteiger charge is 2.13. The average Bonchev–Trinajstić information content (AvgIpc) is 2.20. The minimum Gasteiger partial charge on any atom is -0.100 e. The van der Waals surface area contributed by atoms with Crippen LogP contribution in [0.2, 0.25) is 0 Å². The minimum atomic E-state index is 0.756. The topological polar surface area (TPSA) is 0 Å². The smallest absolute Gasteiger partial charge is 0.0191 e. The van der Waals surface area contributed by atoms with Crippen molar-refractivity contribution >= 4 is 0 Å². The largest absolute Gasteiger partial charge is 0.100 e. The van der Waals surface area contributed by atoms with Gasteiger partial charge in [0.05, 0.1) is 0 Å². The Morgan fingerprint density at radius 2 is 1.75 bits per heavy atom. The third-order valence-corrected chi connectivity index (χ3v) is 2.43. The normalized spacial score (nSPS) is 18.8. The molecule has 0 fully saturated rings. The van der Waals surface area contributed by atoms with Crippen molar-refractivity contribution in [1.82, 2.24) is 0 Å². The minimum absolute atomic E-state index is 0.756. The summed E-state index contributed by atoms with van der Waals surface area (Å²) in [7, 11) is 0. The molecule has 0 heteroatoms. The van der Waals surface area contributed by atoms with Gasteiger partial charge in [0.15, 0.2) is 0 Å². The van der Waals surface area contributed by atoms with Crippen LogP contribution in [0.25, 0.3) is 0 Å². The van der Waals surface area contributed by atoms with Gasteiger partial charge in [-0.1, -0.05) is 44.6 Å². The first-order valence-electron chi connectivity index (χ1n) is 6.43. The molecule has 1 aliphatic rings. The summed E-state index contributed by atoms with van der Waals surface area (Å²) in [6.07, 6.45) is 6.02. The van der Waals surface area contributed by atoms with Gasteiger partial charge in [0, 0.05) is 0 Å². The van der Waals surface area contributed by atoms with Gasteiger partial charge in [0.1, 0.15) is 0 Å². The molecule has 0 bridgehead atoms. The summed E-state index contributed by atoms with van der Waals surface area (Å²) in [4.78, 5) is 0. The van der Waals surface area contributed by atoms with Crippen LogP contribution in [-0.4, -0.2) is 0 Å². The molecule has 1 unspecified atom stereocenters. The van der Waals surface area contributed by atoms with E-state index < -0.39 is 0 Å². The van der Waals surface area contributed by atoms with Gasteiger partial charge in [-0.3, -0.25) is 0 Å². The second-order valence-corrected chi connectivity index (χ2v) is 4.44. The summed E-state index contributed by atoms with van der Waals surface area (Å²) in [5.74, 6) is 0.756. The third kappa shape index (κ3) is 8.52. The summed E-state index contributed by atoms with van der Waals surface area (Å²) in [6.45, 7) is 19.8. The Balaban J connectivity index is 0. The van der Waals surface area contributed by atoms with Crippen LogP contribution in [0.5, 0.6) is 0 Å². The second kappa shape index (κ2) is 10.7. The van der Waals surface area contributed by atoms with Crippen LogP contribution < -0.4 is 0 Å². The molecule has 0 heterocycles. The quantitative estimate of drug-likeness (QED) is 0.483. The zero-order chi connectivity index (χ0) is 13.1. The van der Waals surface area contributed by atoms with Crippen molar-refractivity contribution in [1.29, 1.82) is 0 Å². The molecule has 94 valence electrons. The van der Waals surface area contributed by atoms with Gasteiger partial charge in [0.2, 0.25) is 0 Å². The second-order valence-electron chi connectivity index (χ2n) is 4.44. The van der Waals surface area contributed by atoms with Crippen molar-refractivity contribution in [2.45, 2.75) is 60.8 Å². The van der Waals surface area contributed by atoms with Crippen LogP contribution >= 0.6 is 0 Å². The molecule has 0 aromatic carbocycles. The fraction of sp³-hybridized carbons (Fsp3) is 0.625. The van der Waals surface area contributed by atoms with E-state index in [4.69, 9.17) is 0 Å². The fourth-order valence-corrected chi connectivity index (χ4v) is 1.77. The molecule has 0 aromatic rings. The zero-order valence-corrected chi connectivity index (χ0v) is 12.2. The van der Waals surface area contributed by atoms with E-state index in [1.165, 1.54) is 30.4 Å². The molecule has 1 aliphatic carbocycles. The molecular weight excluding hydrogens is 192 g/mol. The summed E-state index contributed by atoms with van der Waals surface area (Å²) >= 11 is 0. The van der Waals surface area contributed by atoms with Crippen molar-refractivity contribution in [2.24, 2.45) is 5.92 Å². The fourth-order valence-electron chi connectivity index (χ4n) is 1.77. The highest BCUT2D eigenvalue weighted by molar-refractivity contribution is 5.26. The highest BCUT2D eigenvalue weighted by atomic mass is 14.2. The lowest BCUT2D eigenvalue weighted by Gasteiger charge is -2.21. The Kier molecular flexibility index (Phi) is 11.8. The van der Waals surface area contributed by atoms with Crippen molar-refractivity contribution < 1.29 is 0 Å². The van der Waals surface area contributed by atoms with E-state index in [0.29, 0.717) is 0 Å². The maximum absolute atomic E-state index is 3.83. The van der Waals surface area contributed by atoms with E-state index in [2.05, 4.69) is 27.0 Å². The Morgan fingerprint density at radius 3 is 2.00 bits per heavy atom. The molecule has 16 heavy (non-hydrogen) atoms. The van der Waals surface area contributed by atoms with E-state index in [9.17, 15) is 0 Å². The van der Waals surface area contributed by atoms with Crippen molar-refractivity contribution in [3.8, 4) is 0 Å². The van der Waals surface area contributed by atoms with E-state index in [1.807, 2.05) is 33.8 Å². The Labute approximate surface area is 103 Å². The Morgan fingerprint density at radius 1 is 1.31 bits per heavy atom. The average molecular weight is 222 g/mol. The summed E-state index contributed by atoms with van der Waals surface area (Å²) in [5, 5.41) is 0. The lowest BCUT2D eigenvalue weighted by Crippen LogP contribution is -2.05. The monoisotopic (exact) mass is 222 g/mol. The van der Waals surface area contributed by atoms with Crippen molar-refractivity contribution in [3.05, 3.63) is 36.0 Å². The first kappa shape index (κ1) is 17.6. The predicted molar refractivity (Wildman–Crippen MR) is 77.7 cm³/mol. The SMILES string of the molecule is C=C(C)C.C=CC1=C(C)CCCC1C.CC.